The van der Waals surface area contributed by atoms with Gasteiger partial charge < -0.3 is 4.57 Å². The van der Waals surface area contributed by atoms with E-state index < -0.39 is 0 Å². The monoisotopic (exact) mass is 792 g/mol. The van der Waals surface area contributed by atoms with Crippen molar-refractivity contribution in [2.75, 3.05) is 0 Å². The Morgan fingerprint density at radius 2 is 0.790 bits per heavy atom. The van der Waals surface area contributed by atoms with Crippen LogP contribution in [-0.4, -0.2) is 29.1 Å². The summed E-state index contributed by atoms with van der Waals surface area (Å²) in [6.45, 7) is 0. The number of nitrogens with zero attached hydrogens (tertiary/aromatic N) is 6. The molecule has 0 saturated carbocycles. The van der Waals surface area contributed by atoms with E-state index in [4.69, 9.17) is 19.9 Å². The number of para-hydroxylation sites is 3. The van der Waals surface area contributed by atoms with Crippen LogP contribution in [0, 0.1) is 0 Å². The van der Waals surface area contributed by atoms with E-state index >= 15 is 0 Å². The third kappa shape index (κ3) is 5.96. The van der Waals surface area contributed by atoms with Crippen LogP contribution >= 0.6 is 0 Å². The number of hydrogen-bond acceptors (Lipinski definition) is 4. The third-order valence-corrected chi connectivity index (χ3v) is 11.8. The van der Waals surface area contributed by atoms with E-state index in [2.05, 4.69) is 197 Å². The van der Waals surface area contributed by atoms with Crippen LogP contribution in [0.5, 0.6) is 0 Å². The normalized spacial score (nSPS) is 11.5. The topological polar surface area (TPSA) is 61.4 Å². The predicted molar refractivity (Wildman–Crippen MR) is 253 cm³/mol. The standard InChI is InChI=1S/C56H36N6/c1-4-18-37(19-5-1)40-24-16-25-41(34-40)55-58-54(39-22-8-3-9-23-39)59-56(60-55)62-50-32-14-11-27-43(50)46-35-45-42-26-10-13-31-49(42)61(52(45)36-53(46)62)51-33-15-12-28-44(51)48-30-17-29-47(57-48)38-20-6-2-7-21-38/h1-36H. The van der Waals surface area contributed by atoms with Crippen molar-refractivity contribution < 1.29 is 0 Å². The second-order valence-corrected chi connectivity index (χ2v) is 15.5. The van der Waals surface area contributed by atoms with Gasteiger partial charge in [0.15, 0.2) is 11.6 Å². The first-order chi connectivity index (χ1) is 30.7. The first-order valence-electron chi connectivity index (χ1n) is 20.8. The molecule has 0 amide bonds. The van der Waals surface area contributed by atoms with Crippen molar-refractivity contribution >= 4 is 43.6 Å². The zero-order valence-electron chi connectivity index (χ0n) is 33.5. The molecular formula is C56H36N6. The maximum Gasteiger partial charge on any atom is 0.238 e. The van der Waals surface area contributed by atoms with Crippen molar-refractivity contribution in [2.45, 2.75) is 0 Å². The molecule has 0 aliphatic carbocycles. The molecule has 4 heterocycles. The number of fused-ring (bicyclic) bond motifs is 6. The molecule has 4 aromatic heterocycles. The highest BCUT2D eigenvalue weighted by Crippen LogP contribution is 2.41. The molecule has 0 aliphatic rings. The van der Waals surface area contributed by atoms with E-state index in [1.165, 1.54) is 5.39 Å². The minimum absolute atomic E-state index is 0.550. The fraction of sp³-hybridized carbons (Fsp3) is 0. The van der Waals surface area contributed by atoms with E-state index in [1.54, 1.807) is 0 Å². The van der Waals surface area contributed by atoms with E-state index in [-0.39, 0.29) is 0 Å². The molecule has 0 N–H and O–H groups in total. The van der Waals surface area contributed by atoms with Crippen LogP contribution in [0.1, 0.15) is 0 Å². The molecule has 0 atom stereocenters. The molecule has 0 fully saturated rings. The Balaban J connectivity index is 1.12. The van der Waals surface area contributed by atoms with Gasteiger partial charge in [-0.05, 0) is 59.7 Å². The van der Waals surface area contributed by atoms with Crippen molar-refractivity contribution in [3.8, 4) is 68.1 Å². The lowest BCUT2D eigenvalue weighted by molar-refractivity contribution is 0.953. The van der Waals surface area contributed by atoms with Gasteiger partial charge in [0.05, 0.1) is 39.1 Å². The highest BCUT2D eigenvalue weighted by atomic mass is 15.2. The molecule has 0 aliphatic heterocycles. The number of aromatic nitrogens is 6. The molecule has 12 aromatic rings. The largest absolute Gasteiger partial charge is 0.308 e. The maximum atomic E-state index is 5.32. The molecule has 6 nitrogen and oxygen atoms in total. The average molecular weight is 793 g/mol. The maximum absolute atomic E-state index is 5.32. The van der Waals surface area contributed by atoms with Gasteiger partial charge in [-0.25, -0.2) is 9.97 Å². The van der Waals surface area contributed by atoms with Gasteiger partial charge in [0.1, 0.15) is 0 Å². The van der Waals surface area contributed by atoms with E-state index in [9.17, 15) is 0 Å². The van der Waals surface area contributed by atoms with Crippen LogP contribution in [0.4, 0.5) is 0 Å². The van der Waals surface area contributed by atoms with Crippen molar-refractivity contribution in [3.63, 3.8) is 0 Å². The first-order valence-corrected chi connectivity index (χ1v) is 20.8. The molecule has 6 heteroatoms. The Hall–Kier alpha value is -8.48. The summed E-state index contributed by atoms with van der Waals surface area (Å²) in [5.74, 6) is 1.76. The van der Waals surface area contributed by atoms with Crippen LogP contribution in [0.15, 0.2) is 218 Å². The van der Waals surface area contributed by atoms with Gasteiger partial charge in [-0.1, -0.05) is 170 Å². The Bertz CT molecular complexity index is 3630. The minimum atomic E-state index is 0.550. The molecular weight excluding hydrogens is 757 g/mol. The van der Waals surface area contributed by atoms with Crippen molar-refractivity contribution in [2.24, 2.45) is 0 Å². The summed E-state index contributed by atoms with van der Waals surface area (Å²) >= 11 is 0. The highest BCUT2D eigenvalue weighted by molar-refractivity contribution is 6.19. The van der Waals surface area contributed by atoms with Gasteiger partial charge in [0.2, 0.25) is 5.95 Å². The van der Waals surface area contributed by atoms with Crippen LogP contribution in [-0.2, 0) is 0 Å². The van der Waals surface area contributed by atoms with E-state index in [1.807, 2.05) is 30.3 Å². The average Bonchev–Trinajstić information content (AvgIpc) is 3.86. The van der Waals surface area contributed by atoms with Crippen molar-refractivity contribution in [3.05, 3.63) is 218 Å². The van der Waals surface area contributed by atoms with Crippen LogP contribution in [0.2, 0.25) is 0 Å². The number of pyridine rings is 1. The Morgan fingerprint density at radius 3 is 1.52 bits per heavy atom. The zero-order valence-corrected chi connectivity index (χ0v) is 33.5. The zero-order chi connectivity index (χ0) is 41.0. The van der Waals surface area contributed by atoms with Crippen LogP contribution < -0.4 is 0 Å². The number of benzene rings is 8. The lowest BCUT2D eigenvalue weighted by Crippen LogP contribution is -2.06. The van der Waals surface area contributed by atoms with Gasteiger partial charge in [0, 0.05) is 43.8 Å². The molecule has 8 aromatic carbocycles. The minimum Gasteiger partial charge on any atom is -0.308 e. The number of hydrogen-bond donors (Lipinski definition) is 0. The van der Waals surface area contributed by atoms with Crippen LogP contribution in [0.25, 0.3) is 112 Å². The Labute approximate surface area is 357 Å². The molecule has 0 radical (unpaired) electrons. The highest BCUT2D eigenvalue weighted by Gasteiger charge is 2.22. The molecule has 0 saturated heterocycles. The van der Waals surface area contributed by atoms with Gasteiger partial charge in [0.25, 0.3) is 0 Å². The summed E-state index contributed by atoms with van der Waals surface area (Å²) in [5, 5.41) is 4.58. The summed E-state index contributed by atoms with van der Waals surface area (Å²) in [4.78, 5) is 20.9. The van der Waals surface area contributed by atoms with E-state index in [0.29, 0.717) is 17.6 Å². The summed E-state index contributed by atoms with van der Waals surface area (Å²) < 4.78 is 4.60. The third-order valence-electron chi connectivity index (χ3n) is 11.8. The summed E-state index contributed by atoms with van der Waals surface area (Å²) in [7, 11) is 0. The SMILES string of the molecule is c1ccc(-c2cccc(-c3nc(-c4ccccc4)nc(-n4c5ccccc5c5cc6c7ccccc7n(-c7ccccc7-c7cccc(-c8ccccc8)n7)c6cc54)n3)c2)cc1. The fourth-order valence-corrected chi connectivity index (χ4v) is 8.92. The smallest absolute Gasteiger partial charge is 0.238 e. The van der Waals surface area contributed by atoms with Crippen LogP contribution in [0.3, 0.4) is 0 Å². The van der Waals surface area contributed by atoms with Gasteiger partial charge in [-0.2, -0.15) is 9.97 Å². The van der Waals surface area contributed by atoms with Gasteiger partial charge in [-0.15, -0.1) is 0 Å². The van der Waals surface area contributed by atoms with Crippen molar-refractivity contribution in [1.29, 1.82) is 0 Å². The van der Waals surface area contributed by atoms with Crippen molar-refractivity contribution in [1.82, 2.24) is 29.1 Å². The second-order valence-electron chi connectivity index (χ2n) is 15.5. The lowest BCUT2D eigenvalue weighted by Gasteiger charge is -2.15. The molecule has 0 bridgehead atoms. The first kappa shape index (κ1) is 35.5. The fourth-order valence-electron chi connectivity index (χ4n) is 8.92. The molecule has 62 heavy (non-hydrogen) atoms. The second kappa shape index (κ2) is 14.7. The van der Waals surface area contributed by atoms with E-state index in [0.717, 1.165) is 88.7 Å². The lowest BCUT2D eigenvalue weighted by atomic mass is 10.0. The molecule has 0 spiro atoms. The Kier molecular flexibility index (Phi) is 8.38. The summed E-state index contributed by atoms with van der Waals surface area (Å²) in [6.07, 6.45) is 0. The Morgan fingerprint density at radius 1 is 0.274 bits per heavy atom. The quantitative estimate of drug-likeness (QED) is 0.161. The summed E-state index contributed by atoms with van der Waals surface area (Å²) in [6, 6.07) is 76.2. The molecule has 12 rings (SSSR count). The molecule has 290 valence electrons. The molecule has 0 unspecified atom stereocenters. The predicted octanol–water partition coefficient (Wildman–Crippen LogP) is 13.8. The number of rotatable bonds is 7. The van der Waals surface area contributed by atoms with Gasteiger partial charge in [-0.3, -0.25) is 4.57 Å². The van der Waals surface area contributed by atoms with Gasteiger partial charge >= 0.3 is 0 Å². The summed E-state index contributed by atoms with van der Waals surface area (Å²) in [5.41, 5.74) is 13.3.